The number of nitrogens with zero attached hydrogens (tertiary/aromatic N) is 1. The van der Waals surface area contributed by atoms with E-state index in [2.05, 4.69) is 10.6 Å². The lowest BCUT2D eigenvalue weighted by Crippen LogP contribution is -2.35. The number of hydrogen-bond donors (Lipinski definition) is 2. The van der Waals surface area contributed by atoms with E-state index in [0.717, 1.165) is 0 Å². The lowest BCUT2D eigenvalue weighted by atomic mass is 9.96. The van der Waals surface area contributed by atoms with Crippen molar-refractivity contribution in [3.63, 3.8) is 0 Å². The monoisotopic (exact) mass is 287 g/mol. The molecule has 5 heteroatoms. The van der Waals surface area contributed by atoms with Crippen LogP contribution in [0.25, 0.3) is 0 Å². The van der Waals surface area contributed by atoms with Crippen LogP contribution in [0, 0.1) is 16.7 Å². The third kappa shape index (κ3) is 6.09. The number of carbonyl (C=O) groups excluding carboxylic acids is 2. The number of amides is 2. The van der Waals surface area contributed by atoms with E-state index in [-0.39, 0.29) is 11.8 Å². The first-order valence-electron chi connectivity index (χ1n) is 6.91. The van der Waals surface area contributed by atoms with Gasteiger partial charge in [-0.15, -0.1) is 0 Å². The highest BCUT2D eigenvalue weighted by molar-refractivity contribution is 5.90. The maximum atomic E-state index is 11.7. The number of nitrogens with one attached hydrogen (secondary N) is 2. The summed E-state index contributed by atoms with van der Waals surface area (Å²) in [5.74, 6) is -0.153. The van der Waals surface area contributed by atoms with Gasteiger partial charge >= 0.3 is 0 Å². The summed E-state index contributed by atoms with van der Waals surface area (Å²) in [5.41, 5.74) is 0.697. The van der Waals surface area contributed by atoms with Crippen LogP contribution in [0.5, 0.6) is 0 Å². The van der Waals surface area contributed by atoms with Gasteiger partial charge in [0.05, 0.1) is 11.6 Å². The Balaban J connectivity index is 2.32. The van der Waals surface area contributed by atoms with E-state index < -0.39 is 5.41 Å². The summed E-state index contributed by atoms with van der Waals surface area (Å²) in [6.45, 7) is 6.01. The van der Waals surface area contributed by atoms with Crippen LogP contribution in [-0.2, 0) is 9.59 Å². The standard InChI is InChI=1S/C16H21N3O2/c1-16(2,3)15(21)18-9-5-8-14(20)19-13-7-4-6-12(10-13)11-17/h4,6-7,10H,5,8-9H2,1-3H3,(H,18,21)(H,19,20). The van der Waals surface area contributed by atoms with Crippen LogP contribution in [0.15, 0.2) is 24.3 Å². The van der Waals surface area contributed by atoms with E-state index in [0.29, 0.717) is 30.6 Å². The maximum Gasteiger partial charge on any atom is 0.225 e. The first-order chi connectivity index (χ1) is 9.82. The van der Waals surface area contributed by atoms with Gasteiger partial charge < -0.3 is 10.6 Å². The fourth-order valence-electron chi connectivity index (χ4n) is 1.61. The van der Waals surface area contributed by atoms with Crippen LogP contribution in [-0.4, -0.2) is 18.4 Å². The van der Waals surface area contributed by atoms with Crippen LogP contribution in [0.1, 0.15) is 39.2 Å². The molecule has 0 spiro atoms. The first kappa shape index (κ1) is 16.7. The Kier molecular flexibility index (Phi) is 5.92. The van der Waals surface area contributed by atoms with Crippen molar-refractivity contribution >= 4 is 17.5 Å². The summed E-state index contributed by atoms with van der Waals surface area (Å²) in [6.07, 6.45) is 0.896. The van der Waals surface area contributed by atoms with Gasteiger partial charge in [0.2, 0.25) is 11.8 Å². The molecule has 5 nitrogen and oxygen atoms in total. The topological polar surface area (TPSA) is 82.0 Å². The summed E-state index contributed by atoms with van der Waals surface area (Å²) < 4.78 is 0. The van der Waals surface area contributed by atoms with Gasteiger partial charge in [0.25, 0.3) is 0 Å². The average molecular weight is 287 g/mol. The second kappa shape index (κ2) is 7.44. The minimum atomic E-state index is -0.417. The van der Waals surface area contributed by atoms with E-state index in [9.17, 15) is 9.59 Å². The van der Waals surface area contributed by atoms with Crippen LogP contribution < -0.4 is 10.6 Å². The predicted octanol–water partition coefficient (Wildman–Crippen LogP) is 2.44. The third-order valence-corrected chi connectivity index (χ3v) is 2.82. The molecule has 2 N–H and O–H groups in total. The van der Waals surface area contributed by atoms with Crippen molar-refractivity contribution < 1.29 is 9.59 Å². The van der Waals surface area contributed by atoms with E-state index in [4.69, 9.17) is 5.26 Å². The van der Waals surface area contributed by atoms with Gasteiger partial charge in [-0.05, 0) is 24.6 Å². The molecule has 1 aromatic rings. The summed E-state index contributed by atoms with van der Waals surface area (Å²) in [5, 5.41) is 14.3. The highest BCUT2D eigenvalue weighted by atomic mass is 16.2. The number of anilines is 1. The van der Waals surface area contributed by atoms with Gasteiger partial charge in [0.15, 0.2) is 0 Å². The summed E-state index contributed by atoms with van der Waals surface area (Å²) in [7, 11) is 0. The normalized spacial score (nSPS) is 10.6. The average Bonchev–Trinajstić information content (AvgIpc) is 2.42. The second-order valence-corrected chi connectivity index (χ2v) is 5.85. The van der Waals surface area contributed by atoms with Crippen molar-refractivity contribution in [3.05, 3.63) is 29.8 Å². The largest absolute Gasteiger partial charge is 0.356 e. The van der Waals surface area contributed by atoms with E-state index in [1.807, 2.05) is 26.8 Å². The SMILES string of the molecule is CC(C)(C)C(=O)NCCCC(=O)Nc1cccc(C#N)c1. The Hall–Kier alpha value is -2.35. The molecular weight excluding hydrogens is 266 g/mol. The van der Waals surface area contributed by atoms with E-state index >= 15 is 0 Å². The minimum Gasteiger partial charge on any atom is -0.356 e. The van der Waals surface area contributed by atoms with Gasteiger partial charge in [-0.3, -0.25) is 9.59 Å². The zero-order chi connectivity index (χ0) is 15.9. The first-order valence-corrected chi connectivity index (χ1v) is 6.91. The van der Waals surface area contributed by atoms with Gasteiger partial charge in [0.1, 0.15) is 0 Å². The summed E-state index contributed by atoms with van der Waals surface area (Å²) >= 11 is 0. The molecule has 0 unspecified atom stereocenters. The fraction of sp³-hybridized carbons (Fsp3) is 0.438. The molecule has 0 heterocycles. The van der Waals surface area contributed by atoms with Gasteiger partial charge in [-0.1, -0.05) is 26.8 Å². The van der Waals surface area contributed by atoms with Crippen molar-refractivity contribution in [2.24, 2.45) is 5.41 Å². The predicted molar refractivity (Wildman–Crippen MR) is 81.5 cm³/mol. The van der Waals surface area contributed by atoms with Gasteiger partial charge in [-0.2, -0.15) is 5.26 Å². The van der Waals surface area contributed by atoms with Crippen molar-refractivity contribution in [3.8, 4) is 6.07 Å². The van der Waals surface area contributed by atoms with Gasteiger partial charge in [-0.25, -0.2) is 0 Å². The molecule has 112 valence electrons. The molecule has 0 aliphatic carbocycles. The molecule has 0 saturated heterocycles. The number of carbonyl (C=O) groups is 2. The molecule has 0 radical (unpaired) electrons. The molecule has 0 aliphatic heterocycles. The Morgan fingerprint density at radius 2 is 2.00 bits per heavy atom. The fourth-order valence-corrected chi connectivity index (χ4v) is 1.61. The van der Waals surface area contributed by atoms with Crippen molar-refractivity contribution in [1.82, 2.24) is 5.32 Å². The number of benzene rings is 1. The Morgan fingerprint density at radius 3 is 2.62 bits per heavy atom. The molecule has 0 aromatic heterocycles. The van der Waals surface area contributed by atoms with Crippen LogP contribution in [0.2, 0.25) is 0 Å². The zero-order valence-electron chi connectivity index (χ0n) is 12.7. The number of nitriles is 1. The molecule has 1 aromatic carbocycles. The molecular formula is C16H21N3O2. The lowest BCUT2D eigenvalue weighted by molar-refractivity contribution is -0.128. The van der Waals surface area contributed by atoms with Crippen molar-refractivity contribution in [2.45, 2.75) is 33.6 Å². The molecule has 0 aliphatic rings. The summed E-state index contributed by atoms with van der Waals surface area (Å²) in [6, 6.07) is 8.78. The molecule has 1 rings (SSSR count). The highest BCUT2D eigenvalue weighted by Gasteiger charge is 2.20. The quantitative estimate of drug-likeness (QED) is 0.816. The van der Waals surface area contributed by atoms with Crippen molar-refractivity contribution in [1.29, 1.82) is 5.26 Å². The molecule has 2 amide bonds. The number of hydrogen-bond acceptors (Lipinski definition) is 3. The molecule has 0 fully saturated rings. The third-order valence-electron chi connectivity index (χ3n) is 2.82. The second-order valence-electron chi connectivity index (χ2n) is 5.85. The Morgan fingerprint density at radius 1 is 1.29 bits per heavy atom. The van der Waals surface area contributed by atoms with E-state index in [1.54, 1.807) is 24.3 Å². The molecule has 0 atom stereocenters. The zero-order valence-corrected chi connectivity index (χ0v) is 12.7. The molecule has 0 bridgehead atoms. The van der Waals surface area contributed by atoms with E-state index in [1.165, 1.54) is 0 Å². The Labute approximate surface area is 125 Å². The smallest absolute Gasteiger partial charge is 0.225 e. The maximum absolute atomic E-state index is 11.7. The molecule has 21 heavy (non-hydrogen) atoms. The Bertz CT molecular complexity index is 553. The lowest BCUT2D eigenvalue weighted by Gasteiger charge is -2.17. The van der Waals surface area contributed by atoms with Crippen molar-refractivity contribution in [2.75, 3.05) is 11.9 Å². The van der Waals surface area contributed by atoms with Crippen LogP contribution in [0.3, 0.4) is 0 Å². The highest BCUT2D eigenvalue weighted by Crippen LogP contribution is 2.12. The van der Waals surface area contributed by atoms with Crippen LogP contribution in [0.4, 0.5) is 5.69 Å². The molecule has 0 saturated carbocycles. The summed E-state index contributed by atoms with van der Waals surface area (Å²) in [4.78, 5) is 23.4. The van der Waals surface area contributed by atoms with Gasteiger partial charge in [0, 0.05) is 24.1 Å². The minimum absolute atomic E-state index is 0.0235. The van der Waals surface area contributed by atoms with Crippen LogP contribution >= 0.6 is 0 Å². The number of rotatable bonds is 5.